The number of fused-ring (bicyclic) bond motifs is 1. The van der Waals surface area contributed by atoms with E-state index in [1.54, 1.807) is 0 Å². The number of ether oxygens (including phenoxy) is 3. The second-order valence-corrected chi connectivity index (χ2v) is 14.1. The maximum atomic E-state index is 13.5. The molecule has 2 aliphatic carbocycles. The Hall–Kier alpha value is -3.64. The van der Waals surface area contributed by atoms with Gasteiger partial charge in [0, 0.05) is 24.2 Å². The maximum Gasteiger partial charge on any atom is 0.314 e. The van der Waals surface area contributed by atoms with Crippen LogP contribution in [0.4, 0.5) is 0 Å². The molecule has 45 heavy (non-hydrogen) atoms. The minimum atomic E-state index is -0.528. The zero-order valence-electron chi connectivity index (χ0n) is 27.1. The predicted octanol–water partition coefficient (Wildman–Crippen LogP) is 7.38. The number of hydrogen-bond donors (Lipinski definition) is 0. The third-order valence-corrected chi connectivity index (χ3v) is 11.0. The molecule has 0 radical (unpaired) electrons. The molecule has 3 aliphatic rings. The number of nitrogens with zero attached hydrogens (tertiary/aromatic N) is 1. The van der Waals surface area contributed by atoms with Gasteiger partial charge in [0.2, 0.25) is 6.73 Å². The van der Waals surface area contributed by atoms with E-state index in [1.807, 2.05) is 50.2 Å². The number of hydrogen-bond acceptors (Lipinski definition) is 5. The molecule has 2 unspecified atom stereocenters. The summed E-state index contributed by atoms with van der Waals surface area (Å²) in [4.78, 5) is 26.2. The lowest BCUT2D eigenvalue weighted by Gasteiger charge is -2.61. The second-order valence-electron chi connectivity index (χ2n) is 14.1. The normalized spacial score (nSPS) is 25.9. The van der Waals surface area contributed by atoms with Crippen molar-refractivity contribution in [2.75, 3.05) is 20.3 Å². The fraction of sp³-hybridized carbons (Fsp3) is 0.487. The summed E-state index contributed by atoms with van der Waals surface area (Å²) in [5, 5.41) is 0. The summed E-state index contributed by atoms with van der Waals surface area (Å²) in [5.74, 6) is 0.288. The van der Waals surface area contributed by atoms with Crippen molar-refractivity contribution in [3.8, 4) is 5.75 Å². The fourth-order valence-electron chi connectivity index (χ4n) is 8.32. The van der Waals surface area contributed by atoms with Crippen LogP contribution in [0.1, 0.15) is 74.6 Å². The average Bonchev–Trinajstić information content (AvgIpc) is 3.07. The van der Waals surface area contributed by atoms with Crippen LogP contribution in [0, 0.1) is 17.8 Å². The third-order valence-electron chi connectivity index (χ3n) is 11.0. The minimum absolute atomic E-state index is 0.0284. The van der Waals surface area contributed by atoms with Gasteiger partial charge >= 0.3 is 11.9 Å². The molecule has 0 spiro atoms. The zero-order chi connectivity index (χ0) is 31.4. The summed E-state index contributed by atoms with van der Waals surface area (Å²) in [6.07, 6.45) is 7.03. The van der Waals surface area contributed by atoms with Crippen LogP contribution in [0.2, 0.25) is 0 Å². The quantitative estimate of drug-likeness (QED) is 0.168. The number of carbonyl (C=O) groups excluding carboxylic acids is 2. The van der Waals surface area contributed by atoms with Gasteiger partial charge in [-0.05, 0) is 53.1 Å². The first-order valence-corrected chi connectivity index (χ1v) is 16.8. The first-order chi connectivity index (χ1) is 21.8. The molecule has 2 fully saturated rings. The number of carbonyl (C=O) groups is 2. The molecular formula is C39H48NO5+. The van der Waals surface area contributed by atoms with Crippen molar-refractivity contribution in [3.63, 3.8) is 0 Å². The highest BCUT2D eigenvalue weighted by Gasteiger charge is 2.59. The molecule has 5 atom stereocenters. The molecule has 6 rings (SSSR count). The Labute approximate surface area is 268 Å². The average molecular weight is 611 g/mol. The van der Waals surface area contributed by atoms with Gasteiger partial charge in [-0.1, -0.05) is 93.4 Å². The monoisotopic (exact) mass is 610 g/mol. The molecule has 238 valence electrons. The number of quaternary nitrogens is 1. The van der Waals surface area contributed by atoms with E-state index in [-0.39, 0.29) is 36.3 Å². The van der Waals surface area contributed by atoms with Gasteiger partial charge in [0.25, 0.3) is 0 Å². The Morgan fingerprint density at radius 3 is 2.31 bits per heavy atom. The van der Waals surface area contributed by atoms with Gasteiger partial charge in [-0.15, -0.1) is 0 Å². The molecule has 1 saturated carbocycles. The van der Waals surface area contributed by atoms with Crippen LogP contribution in [0.25, 0.3) is 0 Å². The highest BCUT2D eigenvalue weighted by Crippen LogP contribution is 2.57. The summed E-state index contributed by atoms with van der Waals surface area (Å²) in [5.41, 5.74) is 5.18. The summed E-state index contributed by atoms with van der Waals surface area (Å²) in [6.45, 7) is 6.03. The van der Waals surface area contributed by atoms with Gasteiger partial charge in [-0.3, -0.25) is 14.1 Å². The van der Waals surface area contributed by atoms with E-state index < -0.39 is 5.92 Å². The third kappa shape index (κ3) is 6.67. The first kappa shape index (κ1) is 31.3. The summed E-state index contributed by atoms with van der Waals surface area (Å²) < 4.78 is 18.7. The van der Waals surface area contributed by atoms with Gasteiger partial charge in [0.05, 0.1) is 32.0 Å². The van der Waals surface area contributed by atoms with Crippen molar-refractivity contribution in [1.82, 2.24) is 0 Å². The van der Waals surface area contributed by atoms with E-state index >= 15 is 0 Å². The number of likely N-dealkylation sites (tertiary alicyclic amines) is 1. The van der Waals surface area contributed by atoms with Crippen LogP contribution in [-0.4, -0.2) is 42.8 Å². The molecule has 6 heteroatoms. The van der Waals surface area contributed by atoms with Gasteiger partial charge in [-0.2, -0.15) is 0 Å². The van der Waals surface area contributed by atoms with E-state index in [1.165, 1.54) is 42.4 Å². The predicted molar refractivity (Wildman–Crippen MR) is 174 cm³/mol. The fourth-order valence-corrected chi connectivity index (χ4v) is 8.32. The Bertz CT molecular complexity index is 1470. The van der Waals surface area contributed by atoms with Gasteiger partial charge in [0.1, 0.15) is 19.0 Å². The first-order valence-electron chi connectivity index (χ1n) is 16.8. The Kier molecular flexibility index (Phi) is 9.32. The summed E-state index contributed by atoms with van der Waals surface area (Å²) in [7, 11) is 2.28. The van der Waals surface area contributed by atoms with E-state index in [0.717, 1.165) is 35.2 Å². The number of likely N-dealkylation sites (N-methyl/N-ethyl adjacent to an activating group) is 1. The number of piperidine rings is 1. The summed E-state index contributed by atoms with van der Waals surface area (Å²) >= 11 is 0. The Morgan fingerprint density at radius 1 is 0.889 bits per heavy atom. The molecule has 0 amide bonds. The minimum Gasteiger partial charge on any atom is -0.489 e. The highest BCUT2D eigenvalue weighted by atomic mass is 16.6. The van der Waals surface area contributed by atoms with Crippen molar-refractivity contribution in [2.24, 2.45) is 17.8 Å². The van der Waals surface area contributed by atoms with E-state index in [0.29, 0.717) is 25.3 Å². The molecule has 3 aromatic carbocycles. The Morgan fingerprint density at radius 2 is 1.60 bits per heavy atom. The highest BCUT2D eigenvalue weighted by molar-refractivity contribution is 5.80. The largest absolute Gasteiger partial charge is 0.489 e. The maximum absolute atomic E-state index is 13.5. The van der Waals surface area contributed by atoms with Crippen LogP contribution in [0.5, 0.6) is 5.75 Å². The van der Waals surface area contributed by atoms with Crippen LogP contribution >= 0.6 is 0 Å². The summed E-state index contributed by atoms with van der Waals surface area (Å²) in [6, 6.07) is 27.1. The molecule has 1 saturated heterocycles. The number of benzene rings is 3. The van der Waals surface area contributed by atoms with Gasteiger partial charge in [-0.25, -0.2) is 0 Å². The zero-order valence-corrected chi connectivity index (χ0v) is 27.1. The van der Waals surface area contributed by atoms with Crippen LogP contribution in [0.15, 0.2) is 78.9 Å². The molecular weight excluding hydrogens is 562 g/mol. The lowest BCUT2D eigenvalue weighted by Crippen LogP contribution is -2.69. The van der Waals surface area contributed by atoms with Crippen molar-refractivity contribution in [2.45, 2.75) is 83.5 Å². The molecule has 0 aromatic heterocycles. The molecule has 1 aliphatic heterocycles. The van der Waals surface area contributed by atoms with E-state index in [4.69, 9.17) is 14.2 Å². The number of esters is 2. The van der Waals surface area contributed by atoms with Crippen LogP contribution in [0.3, 0.4) is 0 Å². The van der Waals surface area contributed by atoms with Gasteiger partial charge < -0.3 is 14.2 Å². The smallest absolute Gasteiger partial charge is 0.314 e. The van der Waals surface area contributed by atoms with Crippen molar-refractivity contribution < 1.29 is 28.3 Å². The van der Waals surface area contributed by atoms with E-state index in [2.05, 4.69) is 49.5 Å². The van der Waals surface area contributed by atoms with Crippen LogP contribution < -0.4 is 4.74 Å². The molecule has 1 heterocycles. The molecule has 3 aromatic rings. The molecule has 6 nitrogen and oxygen atoms in total. The topological polar surface area (TPSA) is 61.8 Å². The van der Waals surface area contributed by atoms with Crippen molar-refractivity contribution in [1.29, 1.82) is 0 Å². The van der Waals surface area contributed by atoms with Crippen LogP contribution in [-0.2, 0) is 44.1 Å². The molecule has 0 N–H and O–H groups in total. The lowest BCUT2D eigenvalue weighted by atomic mass is 9.52. The van der Waals surface area contributed by atoms with Crippen molar-refractivity contribution >= 4 is 11.9 Å². The standard InChI is InChI=1S/C39H48NO5/c1-28(2)33(24-37(41)44-26-30-14-8-5-9-15-30)38(42)45-27-40(3)21-20-39-19-11-10-16-34(39)36(40)22-31-17-18-32(23-35(31)39)43-25-29-12-6-4-7-13-29/h4-9,12-15,17-18,23,28,33-34,36H,10-11,16,19-22,24-27H2,1-3H3/q+1/t33?,34-,36+,39+,40?/m1/s1. The van der Waals surface area contributed by atoms with Crippen molar-refractivity contribution in [3.05, 3.63) is 101 Å². The van der Waals surface area contributed by atoms with E-state index in [9.17, 15) is 9.59 Å². The van der Waals surface area contributed by atoms with Gasteiger partial charge in [0.15, 0.2) is 0 Å². The lowest BCUT2D eigenvalue weighted by molar-refractivity contribution is -0.959. The Balaban J connectivity index is 1.13. The second kappa shape index (κ2) is 13.4. The molecule has 2 bridgehead atoms. The number of rotatable bonds is 11. The SMILES string of the molecule is CC(C)C(CC(=O)OCc1ccccc1)C(=O)OC[N+]1(C)CC[C@@]23CCCC[C@@H]2[C@@H]1Cc1ccc(OCc2ccccc2)cc13.